The molecule has 0 radical (unpaired) electrons. The van der Waals surface area contributed by atoms with E-state index < -0.39 is 16.6 Å². The Balaban J connectivity index is 2.15. The molecular formula is C19H35NO4. The maximum Gasteiger partial charge on any atom is 0.410 e. The predicted molar refractivity (Wildman–Crippen MR) is 93.8 cm³/mol. The summed E-state index contributed by atoms with van der Waals surface area (Å²) in [6.07, 6.45) is 4.44. The molecule has 2 rings (SSSR count). The van der Waals surface area contributed by atoms with E-state index in [4.69, 9.17) is 4.74 Å². The van der Waals surface area contributed by atoms with Gasteiger partial charge < -0.3 is 19.8 Å². The molecule has 1 heterocycles. The van der Waals surface area contributed by atoms with Gasteiger partial charge in [-0.3, -0.25) is 0 Å². The van der Waals surface area contributed by atoms with Crippen LogP contribution in [0.2, 0.25) is 0 Å². The van der Waals surface area contributed by atoms with Crippen LogP contribution in [0.1, 0.15) is 73.1 Å². The first kappa shape index (κ1) is 19.5. The summed E-state index contributed by atoms with van der Waals surface area (Å²) in [5, 5.41) is 21.6. The van der Waals surface area contributed by atoms with Crippen molar-refractivity contribution >= 4 is 6.09 Å². The van der Waals surface area contributed by atoms with Crippen LogP contribution in [0.25, 0.3) is 0 Å². The lowest BCUT2D eigenvalue weighted by Gasteiger charge is -2.54. The van der Waals surface area contributed by atoms with Crippen molar-refractivity contribution in [3.63, 3.8) is 0 Å². The van der Waals surface area contributed by atoms with Crippen LogP contribution in [0.5, 0.6) is 0 Å². The number of hydrogen-bond donors (Lipinski definition) is 2. The van der Waals surface area contributed by atoms with E-state index in [9.17, 15) is 15.0 Å². The van der Waals surface area contributed by atoms with Gasteiger partial charge in [0.05, 0.1) is 12.2 Å². The average molecular weight is 341 g/mol. The molecule has 5 nitrogen and oxygen atoms in total. The number of carbonyl (C=O) groups is 1. The zero-order valence-electron chi connectivity index (χ0n) is 16.0. The molecule has 0 aromatic carbocycles. The summed E-state index contributed by atoms with van der Waals surface area (Å²) in [7, 11) is 0. The van der Waals surface area contributed by atoms with Crippen molar-refractivity contribution in [1.82, 2.24) is 4.90 Å². The number of piperidine rings is 1. The van der Waals surface area contributed by atoms with Gasteiger partial charge in [-0.15, -0.1) is 0 Å². The van der Waals surface area contributed by atoms with Crippen LogP contribution in [-0.4, -0.2) is 52.1 Å². The minimum atomic E-state index is -0.905. The van der Waals surface area contributed by atoms with Crippen LogP contribution in [0.15, 0.2) is 0 Å². The molecule has 1 aliphatic heterocycles. The largest absolute Gasteiger partial charge is 0.444 e. The number of aliphatic hydroxyl groups is 2. The molecule has 1 aliphatic carbocycles. The Morgan fingerprint density at radius 2 is 1.71 bits per heavy atom. The summed E-state index contributed by atoms with van der Waals surface area (Å²) in [4.78, 5) is 14.1. The Bertz CT molecular complexity index is 458. The van der Waals surface area contributed by atoms with Gasteiger partial charge in [0.2, 0.25) is 0 Å². The zero-order valence-corrected chi connectivity index (χ0v) is 16.0. The fourth-order valence-electron chi connectivity index (χ4n) is 4.14. The second-order valence-electron chi connectivity index (χ2n) is 9.64. The Morgan fingerprint density at radius 3 is 2.21 bits per heavy atom. The summed E-state index contributed by atoms with van der Waals surface area (Å²) in [6, 6.07) is 0. The van der Waals surface area contributed by atoms with Crippen LogP contribution in [0, 0.1) is 10.8 Å². The van der Waals surface area contributed by atoms with Crippen molar-refractivity contribution in [1.29, 1.82) is 0 Å². The second kappa shape index (κ2) is 6.49. The summed E-state index contributed by atoms with van der Waals surface area (Å²) in [5.74, 6) is 0. The van der Waals surface area contributed by atoms with Crippen LogP contribution in [0.4, 0.5) is 4.79 Å². The van der Waals surface area contributed by atoms with E-state index in [1.165, 1.54) is 0 Å². The molecule has 0 spiro atoms. The van der Waals surface area contributed by atoms with Crippen molar-refractivity contribution in [2.24, 2.45) is 10.8 Å². The molecule has 1 unspecified atom stereocenters. The molecule has 140 valence electrons. The minimum Gasteiger partial charge on any atom is -0.444 e. The number of ether oxygens (including phenoxy) is 1. The Morgan fingerprint density at radius 1 is 1.12 bits per heavy atom. The van der Waals surface area contributed by atoms with Crippen LogP contribution in [-0.2, 0) is 4.74 Å². The van der Waals surface area contributed by atoms with Crippen LogP contribution < -0.4 is 0 Å². The Hall–Kier alpha value is -0.810. The van der Waals surface area contributed by atoms with Crippen molar-refractivity contribution in [2.75, 3.05) is 19.7 Å². The zero-order chi connectivity index (χ0) is 18.2. The first-order chi connectivity index (χ1) is 10.9. The fraction of sp³-hybridized carbons (Fsp3) is 0.947. The van der Waals surface area contributed by atoms with Crippen molar-refractivity contribution in [3.05, 3.63) is 0 Å². The number of rotatable bonds is 2. The number of aliphatic hydroxyl groups excluding tert-OH is 1. The monoisotopic (exact) mass is 341 g/mol. The molecule has 1 saturated heterocycles. The molecule has 24 heavy (non-hydrogen) atoms. The lowest BCUT2D eigenvalue weighted by atomic mass is 9.58. The van der Waals surface area contributed by atoms with Gasteiger partial charge in [-0.1, -0.05) is 13.8 Å². The standard InChI is InChI=1S/C19H35NO4/c1-16(2,3)24-15(22)20-12-6-7-18(13-20,14-21)19(23)10-8-17(4,5)9-11-19/h21,23H,6-14H2,1-5H3. The van der Waals surface area contributed by atoms with Gasteiger partial charge >= 0.3 is 6.09 Å². The summed E-state index contributed by atoms with van der Waals surface area (Å²) >= 11 is 0. The van der Waals surface area contributed by atoms with Gasteiger partial charge in [-0.05, 0) is 64.7 Å². The predicted octanol–water partition coefficient (Wildman–Crippen LogP) is 3.33. The van der Waals surface area contributed by atoms with Crippen LogP contribution >= 0.6 is 0 Å². The van der Waals surface area contributed by atoms with E-state index in [1.807, 2.05) is 20.8 Å². The second-order valence-corrected chi connectivity index (χ2v) is 9.64. The first-order valence-corrected chi connectivity index (χ1v) is 9.23. The molecule has 2 aliphatic rings. The Labute approximate surface area is 146 Å². The number of nitrogens with zero attached hydrogens (tertiary/aromatic N) is 1. The molecule has 2 fully saturated rings. The van der Waals surface area contributed by atoms with E-state index in [0.717, 1.165) is 25.7 Å². The van der Waals surface area contributed by atoms with Crippen molar-refractivity contribution in [3.8, 4) is 0 Å². The van der Waals surface area contributed by atoms with E-state index in [1.54, 1.807) is 4.90 Å². The fourth-order valence-corrected chi connectivity index (χ4v) is 4.14. The third-order valence-corrected chi connectivity index (χ3v) is 5.95. The van der Waals surface area contributed by atoms with Crippen molar-refractivity contribution < 1.29 is 19.7 Å². The van der Waals surface area contributed by atoms with E-state index in [-0.39, 0.29) is 18.1 Å². The van der Waals surface area contributed by atoms with Gasteiger partial charge in [0.15, 0.2) is 0 Å². The molecular weight excluding hydrogens is 306 g/mol. The SMILES string of the molecule is CC1(C)CCC(O)(C2(CO)CCCN(C(=O)OC(C)(C)C)C2)CC1. The number of likely N-dealkylation sites (tertiary alicyclic amines) is 1. The number of hydrogen-bond acceptors (Lipinski definition) is 4. The third kappa shape index (κ3) is 4.05. The maximum atomic E-state index is 12.4. The molecule has 0 aromatic rings. The summed E-state index contributed by atoms with van der Waals surface area (Å²) in [6.45, 7) is 10.9. The molecule has 0 aromatic heterocycles. The third-order valence-electron chi connectivity index (χ3n) is 5.95. The number of carbonyl (C=O) groups excluding carboxylic acids is 1. The molecule has 5 heteroatoms. The highest BCUT2D eigenvalue weighted by Gasteiger charge is 2.54. The molecule has 0 bridgehead atoms. The van der Waals surface area contributed by atoms with Gasteiger partial charge in [-0.2, -0.15) is 0 Å². The highest BCUT2D eigenvalue weighted by Crippen LogP contribution is 2.51. The molecule has 1 amide bonds. The topological polar surface area (TPSA) is 70.0 Å². The van der Waals surface area contributed by atoms with Gasteiger partial charge in [0, 0.05) is 18.5 Å². The molecule has 1 atom stereocenters. The lowest BCUT2D eigenvalue weighted by Crippen LogP contribution is -2.61. The summed E-state index contributed by atoms with van der Waals surface area (Å²) < 4.78 is 5.49. The number of amides is 1. The van der Waals surface area contributed by atoms with E-state index >= 15 is 0 Å². The smallest absolute Gasteiger partial charge is 0.410 e. The molecule has 1 saturated carbocycles. The highest BCUT2D eigenvalue weighted by atomic mass is 16.6. The average Bonchev–Trinajstić information content (AvgIpc) is 2.49. The first-order valence-electron chi connectivity index (χ1n) is 9.23. The van der Waals surface area contributed by atoms with Crippen LogP contribution in [0.3, 0.4) is 0 Å². The van der Waals surface area contributed by atoms with Gasteiger partial charge in [0.1, 0.15) is 5.60 Å². The summed E-state index contributed by atoms with van der Waals surface area (Å²) in [5.41, 5.74) is -1.85. The van der Waals surface area contributed by atoms with Gasteiger partial charge in [0.25, 0.3) is 0 Å². The Kier molecular flexibility index (Phi) is 5.27. The highest BCUT2D eigenvalue weighted by molar-refractivity contribution is 5.68. The van der Waals surface area contributed by atoms with E-state index in [2.05, 4.69) is 13.8 Å². The quantitative estimate of drug-likeness (QED) is 0.808. The molecule has 2 N–H and O–H groups in total. The van der Waals surface area contributed by atoms with Crippen molar-refractivity contribution in [2.45, 2.75) is 84.3 Å². The van der Waals surface area contributed by atoms with E-state index in [0.29, 0.717) is 25.9 Å². The lowest BCUT2D eigenvalue weighted by molar-refractivity contribution is -0.165. The normalized spacial score (nSPS) is 30.0. The van der Waals surface area contributed by atoms with Gasteiger partial charge in [-0.25, -0.2) is 4.79 Å². The maximum absolute atomic E-state index is 12.4. The minimum absolute atomic E-state index is 0.0940.